The number of aromatic nitrogens is 3. The van der Waals surface area contributed by atoms with Crippen LogP contribution in [0, 0.1) is 0 Å². The molecule has 2 N–H and O–H groups in total. The van der Waals surface area contributed by atoms with E-state index in [1.165, 1.54) is 11.8 Å². The Morgan fingerprint density at radius 3 is 2.76 bits per heavy atom. The molecule has 0 saturated carbocycles. The summed E-state index contributed by atoms with van der Waals surface area (Å²) in [6.07, 6.45) is 1.66. The van der Waals surface area contributed by atoms with Gasteiger partial charge in [0.05, 0.1) is 0 Å². The normalized spacial score (nSPS) is 11.5. The van der Waals surface area contributed by atoms with Gasteiger partial charge in [-0.15, -0.1) is 16.8 Å². The van der Waals surface area contributed by atoms with Crippen LogP contribution < -0.4 is 11.4 Å². The summed E-state index contributed by atoms with van der Waals surface area (Å²) in [5.41, 5.74) is -1.47. The van der Waals surface area contributed by atoms with Crippen molar-refractivity contribution in [3.8, 4) is 0 Å². The Hall–Kier alpha value is -1.37. The van der Waals surface area contributed by atoms with E-state index < -0.39 is 17.6 Å². The lowest BCUT2D eigenvalue weighted by Gasteiger charge is -2.18. The molecular weight excluding hydrogens is 243 g/mol. The van der Waals surface area contributed by atoms with Crippen molar-refractivity contribution in [2.75, 3.05) is 18.3 Å². The van der Waals surface area contributed by atoms with Gasteiger partial charge in [0.15, 0.2) is 0 Å². The topological polar surface area (TPSA) is 73.8 Å². The average Bonchev–Trinajstić information content (AvgIpc) is 2.30. The number of nitrogen functional groups attached to an aromatic ring is 1. The molecule has 0 amide bonds. The first kappa shape index (κ1) is 13.7. The zero-order valence-electron chi connectivity index (χ0n) is 9.81. The van der Waals surface area contributed by atoms with Crippen molar-refractivity contribution in [1.29, 1.82) is 0 Å². The molecule has 0 aliphatic rings. The maximum absolute atomic E-state index is 12.8. The molecule has 94 valence electrons. The van der Waals surface area contributed by atoms with Crippen molar-refractivity contribution in [3.05, 3.63) is 28.7 Å². The van der Waals surface area contributed by atoms with Crippen molar-refractivity contribution in [3.63, 3.8) is 0 Å². The Balaban J connectivity index is 3.20. The number of thioether (sulfide) groups is 1. The molecule has 0 spiro atoms. The summed E-state index contributed by atoms with van der Waals surface area (Å²) in [5.74, 6) is 6.17. The lowest BCUT2D eigenvalue weighted by atomic mass is 9.91. The lowest BCUT2D eigenvalue weighted by molar-refractivity contribution is 0.335. The molecule has 0 aliphatic heterocycles. The molecule has 0 atom stereocenters. The van der Waals surface area contributed by atoms with Crippen LogP contribution in [0.25, 0.3) is 0 Å². The molecule has 1 aromatic rings. The van der Waals surface area contributed by atoms with E-state index in [-0.39, 0.29) is 10.9 Å². The maximum atomic E-state index is 12.8. The van der Waals surface area contributed by atoms with E-state index in [4.69, 9.17) is 5.84 Å². The van der Waals surface area contributed by atoms with Gasteiger partial charge in [-0.05, 0) is 0 Å². The molecule has 0 fully saturated rings. The fourth-order valence-corrected chi connectivity index (χ4v) is 1.69. The largest absolute Gasteiger partial charge is 0.334 e. The van der Waals surface area contributed by atoms with E-state index in [1.54, 1.807) is 19.9 Å². The first-order chi connectivity index (χ1) is 7.94. The summed E-state index contributed by atoms with van der Waals surface area (Å²) in [6, 6.07) is 0. The molecular formula is C10H15FN4OS. The monoisotopic (exact) mass is 258 g/mol. The highest BCUT2D eigenvalue weighted by Crippen LogP contribution is 2.19. The molecule has 0 saturated heterocycles. The summed E-state index contributed by atoms with van der Waals surface area (Å²) < 4.78 is 13.7. The number of rotatable bonds is 5. The third-order valence-electron chi connectivity index (χ3n) is 2.17. The Bertz CT molecular complexity index is 472. The highest BCUT2D eigenvalue weighted by atomic mass is 32.2. The summed E-state index contributed by atoms with van der Waals surface area (Å²) >= 11 is 1.24. The second-order valence-electron chi connectivity index (χ2n) is 4.12. The molecule has 0 aliphatic carbocycles. The molecule has 5 nitrogen and oxygen atoms in total. The van der Waals surface area contributed by atoms with Gasteiger partial charge in [0.2, 0.25) is 5.16 Å². The SMILES string of the molecule is C=CCSc1nnc(C(C)(C)CF)c(=O)n1N. The Kier molecular flexibility index (Phi) is 4.28. The maximum Gasteiger partial charge on any atom is 0.295 e. The number of hydrogen-bond acceptors (Lipinski definition) is 5. The molecule has 1 rings (SSSR count). The Morgan fingerprint density at radius 1 is 1.59 bits per heavy atom. The van der Waals surface area contributed by atoms with Gasteiger partial charge in [0.1, 0.15) is 12.4 Å². The molecule has 17 heavy (non-hydrogen) atoms. The molecule has 0 unspecified atom stereocenters. The Morgan fingerprint density at radius 2 is 2.24 bits per heavy atom. The van der Waals surface area contributed by atoms with Crippen molar-refractivity contribution in [2.45, 2.75) is 24.4 Å². The zero-order valence-corrected chi connectivity index (χ0v) is 10.6. The molecule has 1 aromatic heterocycles. The lowest BCUT2D eigenvalue weighted by Crippen LogP contribution is -2.39. The number of alkyl halides is 1. The predicted octanol–water partition coefficient (Wildman–Crippen LogP) is 0.877. The van der Waals surface area contributed by atoms with Crippen LogP contribution in [0.3, 0.4) is 0 Å². The van der Waals surface area contributed by atoms with Crippen LogP contribution in [-0.2, 0) is 5.41 Å². The van der Waals surface area contributed by atoms with Gasteiger partial charge in [-0.1, -0.05) is 31.7 Å². The first-order valence-corrected chi connectivity index (χ1v) is 5.97. The smallest absolute Gasteiger partial charge is 0.295 e. The van der Waals surface area contributed by atoms with Gasteiger partial charge >= 0.3 is 0 Å². The number of nitrogens with zero attached hydrogens (tertiary/aromatic N) is 3. The van der Waals surface area contributed by atoms with Gasteiger partial charge in [-0.25, -0.2) is 0 Å². The predicted molar refractivity (Wildman–Crippen MR) is 66.4 cm³/mol. The van der Waals surface area contributed by atoms with E-state index in [9.17, 15) is 9.18 Å². The van der Waals surface area contributed by atoms with E-state index in [0.717, 1.165) is 4.68 Å². The van der Waals surface area contributed by atoms with Crippen LogP contribution in [0.2, 0.25) is 0 Å². The third kappa shape index (κ3) is 2.85. The fraction of sp³-hybridized carbons (Fsp3) is 0.500. The van der Waals surface area contributed by atoms with Crippen LogP contribution in [0.15, 0.2) is 22.6 Å². The van der Waals surface area contributed by atoms with Crippen molar-refractivity contribution < 1.29 is 4.39 Å². The second kappa shape index (κ2) is 5.31. The third-order valence-corrected chi connectivity index (χ3v) is 3.11. The summed E-state index contributed by atoms with van der Waals surface area (Å²) in [7, 11) is 0. The quantitative estimate of drug-likeness (QED) is 0.482. The number of nitrogens with two attached hydrogens (primary N) is 1. The molecule has 1 heterocycles. The standard InChI is InChI=1S/C10H15FN4OS/c1-4-5-17-9-14-13-7(8(16)15(9)12)10(2,3)6-11/h4H,1,5-6,12H2,2-3H3. The van der Waals surface area contributed by atoms with E-state index >= 15 is 0 Å². The van der Waals surface area contributed by atoms with E-state index in [2.05, 4.69) is 16.8 Å². The number of hydrogen-bond donors (Lipinski definition) is 1. The average molecular weight is 258 g/mol. The summed E-state index contributed by atoms with van der Waals surface area (Å²) in [4.78, 5) is 11.9. The first-order valence-electron chi connectivity index (χ1n) is 4.99. The minimum Gasteiger partial charge on any atom is -0.334 e. The second-order valence-corrected chi connectivity index (χ2v) is 5.11. The van der Waals surface area contributed by atoms with Gasteiger partial charge in [0.25, 0.3) is 5.56 Å². The fourth-order valence-electron chi connectivity index (χ4n) is 1.10. The Labute approximate surface area is 103 Å². The van der Waals surface area contributed by atoms with Gasteiger partial charge in [-0.3, -0.25) is 9.18 Å². The number of halogens is 1. The van der Waals surface area contributed by atoms with Gasteiger partial charge < -0.3 is 5.84 Å². The van der Waals surface area contributed by atoms with Crippen LogP contribution in [0.4, 0.5) is 4.39 Å². The minimum absolute atomic E-state index is 0.0328. The molecule has 7 heteroatoms. The van der Waals surface area contributed by atoms with E-state index in [1.807, 2.05) is 0 Å². The van der Waals surface area contributed by atoms with Crippen molar-refractivity contribution in [1.82, 2.24) is 14.9 Å². The van der Waals surface area contributed by atoms with Gasteiger partial charge in [0, 0.05) is 11.2 Å². The summed E-state index contributed by atoms with van der Waals surface area (Å²) in [5, 5.41) is 7.89. The van der Waals surface area contributed by atoms with Crippen molar-refractivity contribution in [2.24, 2.45) is 0 Å². The van der Waals surface area contributed by atoms with Crippen LogP contribution in [-0.4, -0.2) is 27.3 Å². The molecule has 0 aromatic carbocycles. The molecule has 0 radical (unpaired) electrons. The van der Waals surface area contributed by atoms with Crippen LogP contribution in [0.5, 0.6) is 0 Å². The van der Waals surface area contributed by atoms with E-state index in [0.29, 0.717) is 5.75 Å². The molecule has 0 bridgehead atoms. The van der Waals surface area contributed by atoms with Crippen LogP contribution >= 0.6 is 11.8 Å². The van der Waals surface area contributed by atoms with Gasteiger partial charge in [-0.2, -0.15) is 4.68 Å². The highest BCUT2D eigenvalue weighted by Gasteiger charge is 2.27. The van der Waals surface area contributed by atoms with Crippen LogP contribution in [0.1, 0.15) is 19.5 Å². The zero-order chi connectivity index (χ0) is 13.1. The highest BCUT2D eigenvalue weighted by molar-refractivity contribution is 7.99. The summed E-state index contributed by atoms with van der Waals surface area (Å²) in [6.45, 7) is 6.01. The minimum atomic E-state index is -0.979. The van der Waals surface area contributed by atoms with Crippen molar-refractivity contribution >= 4 is 11.8 Å².